The van der Waals surface area contributed by atoms with E-state index in [1.165, 1.54) is 12.0 Å². The van der Waals surface area contributed by atoms with E-state index < -0.39 is 0 Å². The van der Waals surface area contributed by atoms with Gasteiger partial charge in [0.1, 0.15) is 0 Å². The highest BCUT2D eigenvalue weighted by Crippen LogP contribution is 2.16. The smallest absolute Gasteiger partial charge is 0.0372 e. The Bertz CT molecular complexity index is 213. The van der Waals surface area contributed by atoms with Crippen LogP contribution in [0.3, 0.4) is 0 Å². The lowest BCUT2D eigenvalue weighted by molar-refractivity contribution is 0.729. The molecule has 1 heterocycles. The predicted octanol–water partition coefficient (Wildman–Crippen LogP) is 2.90. The van der Waals surface area contributed by atoms with Crippen LogP contribution in [0.25, 0.3) is 0 Å². The van der Waals surface area contributed by atoms with Gasteiger partial charge in [-0.15, -0.1) is 0 Å². The van der Waals surface area contributed by atoms with E-state index >= 15 is 0 Å². The SMILES string of the molecule is CC[C@H](C)c1ccc(C)nc1. The Morgan fingerprint density at radius 1 is 1.45 bits per heavy atom. The number of aryl methyl sites for hydroxylation is 1. The lowest BCUT2D eigenvalue weighted by atomic mass is 10.0. The summed E-state index contributed by atoms with van der Waals surface area (Å²) in [6, 6.07) is 4.23. The van der Waals surface area contributed by atoms with E-state index in [-0.39, 0.29) is 0 Å². The standard InChI is InChI=1S/C10H15N/c1-4-8(2)10-6-5-9(3)11-7-10/h5-8H,4H2,1-3H3/t8-/m0/s1. The van der Waals surface area contributed by atoms with Crippen LogP contribution in [0.4, 0.5) is 0 Å². The molecule has 0 N–H and O–H groups in total. The predicted molar refractivity (Wildman–Crippen MR) is 47.7 cm³/mol. The molecule has 0 amide bonds. The van der Waals surface area contributed by atoms with Gasteiger partial charge in [-0.25, -0.2) is 0 Å². The van der Waals surface area contributed by atoms with Gasteiger partial charge in [-0.05, 0) is 30.9 Å². The third-order valence-electron chi connectivity index (χ3n) is 2.12. The van der Waals surface area contributed by atoms with Crippen molar-refractivity contribution in [2.45, 2.75) is 33.1 Å². The Balaban J connectivity index is 2.81. The molecule has 0 aliphatic heterocycles. The van der Waals surface area contributed by atoms with Crippen LogP contribution in [0, 0.1) is 6.92 Å². The first-order valence-electron chi connectivity index (χ1n) is 4.16. The molecule has 0 saturated heterocycles. The monoisotopic (exact) mass is 149 g/mol. The molecule has 0 radical (unpaired) electrons. The fourth-order valence-corrected chi connectivity index (χ4v) is 1.01. The summed E-state index contributed by atoms with van der Waals surface area (Å²) in [6.45, 7) is 6.44. The molecule has 0 fully saturated rings. The first-order valence-corrected chi connectivity index (χ1v) is 4.16. The Hall–Kier alpha value is -0.850. The van der Waals surface area contributed by atoms with Crippen molar-refractivity contribution >= 4 is 0 Å². The minimum absolute atomic E-state index is 0.642. The molecule has 60 valence electrons. The molecule has 1 atom stereocenters. The van der Waals surface area contributed by atoms with Crippen molar-refractivity contribution in [1.82, 2.24) is 4.98 Å². The number of pyridine rings is 1. The molecule has 0 unspecified atom stereocenters. The average molecular weight is 149 g/mol. The van der Waals surface area contributed by atoms with E-state index in [4.69, 9.17) is 0 Å². The van der Waals surface area contributed by atoms with E-state index in [0.29, 0.717) is 5.92 Å². The fourth-order valence-electron chi connectivity index (χ4n) is 1.01. The molecule has 1 nitrogen and oxygen atoms in total. The maximum absolute atomic E-state index is 4.25. The zero-order chi connectivity index (χ0) is 8.27. The Morgan fingerprint density at radius 3 is 2.64 bits per heavy atom. The molecule has 1 rings (SSSR count). The zero-order valence-corrected chi connectivity index (χ0v) is 7.46. The van der Waals surface area contributed by atoms with Crippen LogP contribution in [0.5, 0.6) is 0 Å². The van der Waals surface area contributed by atoms with E-state index in [1.54, 1.807) is 0 Å². The van der Waals surface area contributed by atoms with Gasteiger partial charge in [-0.1, -0.05) is 19.9 Å². The Morgan fingerprint density at radius 2 is 2.18 bits per heavy atom. The molecule has 1 aromatic heterocycles. The van der Waals surface area contributed by atoms with Crippen molar-refractivity contribution in [2.75, 3.05) is 0 Å². The summed E-state index contributed by atoms with van der Waals surface area (Å²) in [5.41, 5.74) is 2.44. The van der Waals surface area contributed by atoms with Crippen LogP contribution in [0.1, 0.15) is 37.4 Å². The summed E-state index contributed by atoms with van der Waals surface area (Å²) < 4.78 is 0. The van der Waals surface area contributed by atoms with Crippen molar-refractivity contribution in [2.24, 2.45) is 0 Å². The summed E-state index contributed by atoms with van der Waals surface area (Å²) in [5.74, 6) is 0.642. The van der Waals surface area contributed by atoms with Gasteiger partial charge in [0.25, 0.3) is 0 Å². The molecular weight excluding hydrogens is 134 g/mol. The second-order valence-corrected chi connectivity index (χ2v) is 3.04. The number of rotatable bonds is 2. The molecule has 0 bridgehead atoms. The third-order valence-corrected chi connectivity index (χ3v) is 2.12. The second-order valence-electron chi connectivity index (χ2n) is 3.04. The molecule has 0 saturated carbocycles. The van der Waals surface area contributed by atoms with Crippen molar-refractivity contribution in [3.05, 3.63) is 29.6 Å². The zero-order valence-electron chi connectivity index (χ0n) is 7.46. The lowest BCUT2D eigenvalue weighted by Crippen LogP contribution is -1.92. The summed E-state index contributed by atoms with van der Waals surface area (Å²) in [6.07, 6.45) is 3.16. The van der Waals surface area contributed by atoms with Crippen LogP contribution in [0.2, 0.25) is 0 Å². The minimum Gasteiger partial charge on any atom is -0.261 e. The van der Waals surface area contributed by atoms with E-state index in [9.17, 15) is 0 Å². The topological polar surface area (TPSA) is 12.9 Å². The molecule has 0 spiro atoms. The van der Waals surface area contributed by atoms with Gasteiger partial charge in [0.2, 0.25) is 0 Å². The molecule has 1 aromatic rings. The highest BCUT2D eigenvalue weighted by molar-refractivity contribution is 5.16. The summed E-state index contributed by atoms with van der Waals surface area (Å²) in [5, 5.41) is 0. The van der Waals surface area contributed by atoms with Crippen molar-refractivity contribution in [3.8, 4) is 0 Å². The van der Waals surface area contributed by atoms with Crippen LogP contribution in [-0.2, 0) is 0 Å². The van der Waals surface area contributed by atoms with Gasteiger partial charge in [0.05, 0.1) is 0 Å². The van der Waals surface area contributed by atoms with Gasteiger partial charge in [-0.2, -0.15) is 0 Å². The van der Waals surface area contributed by atoms with Gasteiger partial charge >= 0.3 is 0 Å². The van der Waals surface area contributed by atoms with Crippen molar-refractivity contribution < 1.29 is 0 Å². The quantitative estimate of drug-likeness (QED) is 0.630. The highest BCUT2D eigenvalue weighted by Gasteiger charge is 2.01. The van der Waals surface area contributed by atoms with Gasteiger partial charge in [0, 0.05) is 11.9 Å². The number of aromatic nitrogens is 1. The molecule has 11 heavy (non-hydrogen) atoms. The third kappa shape index (κ3) is 2.04. The number of nitrogens with zero attached hydrogens (tertiary/aromatic N) is 1. The first kappa shape index (κ1) is 8.25. The number of hydrogen-bond acceptors (Lipinski definition) is 1. The molecule has 0 aliphatic carbocycles. The van der Waals surface area contributed by atoms with Crippen LogP contribution >= 0.6 is 0 Å². The van der Waals surface area contributed by atoms with Crippen LogP contribution in [-0.4, -0.2) is 4.98 Å². The molecule has 0 aromatic carbocycles. The van der Waals surface area contributed by atoms with E-state index in [2.05, 4.69) is 31.0 Å². The van der Waals surface area contributed by atoms with Crippen LogP contribution < -0.4 is 0 Å². The second kappa shape index (κ2) is 3.51. The highest BCUT2D eigenvalue weighted by atomic mass is 14.7. The van der Waals surface area contributed by atoms with Gasteiger partial charge in [-0.3, -0.25) is 4.98 Å². The molecule has 0 aliphatic rings. The van der Waals surface area contributed by atoms with E-state index in [0.717, 1.165) is 5.69 Å². The first-order chi connectivity index (χ1) is 5.24. The molecular formula is C10H15N. The maximum atomic E-state index is 4.25. The van der Waals surface area contributed by atoms with Crippen molar-refractivity contribution in [3.63, 3.8) is 0 Å². The fraction of sp³-hybridized carbons (Fsp3) is 0.500. The number of hydrogen-bond donors (Lipinski definition) is 0. The van der Waals surface area contributed by atoms with Gasteiger partial charge < -0.3 is 0 Å². The largest absolute Gasteiger partial charge is 0.261 e. The summed E-state index contributed by atoms with van der Waals surface area (Å²) >= 11 is 0. The minimum atomic E-state index is 0.642. The van der Waals surface area contributed by atoms with E-state index in [1.807, 2.05) is 13.1 Å². The lowest BCUT2D eigenvalue weighted by Gasteiger charge is -2.07. The normalized spacial score (nSPS) is 13.0. The summed E-state index contributed by atoms with van der Waals surface area (Å²) in [7, 11) is 0. The summed E-state index contributed by atoms with van der Waals surface area (Å²) in [4.78, 5) is 4.25. The Labute approximate surface area is 68.5 Å². The average Bonchev–Trinajstić information content (AvgIpc) is 2.05. The Kier molecular flexibility index (Phi) is 2.64. The maximum Gasteiger partial charge on any atom is 0.0372 e. The van der Waals surface area contributed by atoms with Crippen LogP contribution in [0.15, 0.2) is 18.3 Å². The van der Waals surface area contributed by atoms with Crippen molar-refractivity contribution in [1.29, 1.82) is 0 Å². The van der Waals surface area contributed by atoms with Gasteiger partial charge in [0.15, 0.2) is 0 Å². The molecule has 1 heteroatoms.